The number of aliphatic hydroxyl groups is 1. The van der Waals surface area contributed by atoms with E-state index in [1.807, 2.05) is 26.0 Å². The number of sulfonamides is 1. The summed E-state index contributed by atoms with van der Waals surface area (Å²) in [6.07, 6.45) is 1.49. The van der Waals surface area contributed by atoms with Crippen LogP contribution in [0.2, 0.25) is 0 Å². The first-order chi connectivity index (χ1) is 9.85. The second-order valence-electron chi connectivity index (χ2n) is 5.28. The Morgan fingerprint density at radius 1 is 1.29 bits per heavy atom. The Morgan fingerprint density at radius 2 is 1.95 bits per heavy atom. The normalized spacial score (nSPS) is 11.9. The summed E-state index contributed by atoms with van der Waals surface area (Å²) in [6.45, 7) is 3.83. The maximum absolute atomic E-state index is 12.5. The lowest BCUT2D eigenvalue weighted by Crippen LogP contribution is -2.14. The molecule has 0 aliphatic carbocycles. The van der Waals surface area contributed by atoms with Crippen molar-refractivity contribution in [2.45, 2.75) is 31.3 Å². The fraction of sp³-hybridized carbons (Fsp3) is 0.333. The molecule has 0 amide bonds. The van der Waals surface area contributed by atoms with Crippen LogP contribution in [-0.4, -0.2) is 18.1 Å². The fourth-order valence-electron chi connectivity index (χ4n) is 2.18. The van der Waals surface area contributed by atoms with Gasteiger partial charge in [-0.2, -0.15) is 0 Å². The molecule has 0 radical (unpaired) electrons. The molecule has 0 saturated heterocycles. The second-order valence-corrected chi connectivity index (χ2v) is 6.97. The van der Waals surface area contributed by atoms with Crippen molar-refractivity contribution in [1.29, 1.82) is 0 Å². The molecule has 0 unspecified atom stereocenters. The van der Waals surface area contributed by atoms with Gasteiger partial charge in [0.05, 0.1) is 12.3 Å². The van der Waals surface area contributed by atoms with Crippen LogP contribution in [0.15, 0.2) is 41.4 Å². The van der Waals surface area contributed by atoms with Gasteiger partial charge in [0, 0.05) is 18.9 Å². The van der Waals surface area contributed by atoms with Crippen LogP contribution < -0.4 is 4.72 Å². The number of benzene rings is 1. The van der Waals surface area contributed by atoms with Crippen LogP contribution >= 0.6 is 0 Å². The predicted octanol–water partition coefficient (Wildman–Crippen LogP) is 2.44. The molecule has 0 aliphatic rings. The van der Waals surface area contributed by atoms with E-state index in [1.165, 1.54) is 12.3 Å². The highest BCUT2D eigenvalue weighted by atomic mass is 32.2. The first kappa shape index (κ1) is 15.6. The van der Waals surface area contributed by atoms with E-state index in [4.69, 9.17) is 5.11 Å². The molecule has 0 aliphatic heterocycles. The van der Waals surface area contributed by atoms with Crippen molar-refractivity contribution in [3.05, 3.63) is 47.8 Å². The summed E-state index contributed by atoms with van der Waals surface area (Å²) < 4.78 is 29.1. The standard InChI is InChI=1S/C15H20N2O3S/c1-11(2)14-6-4-5-7-15(14)16-21(19,20)13-8-12(10-18)17(3)9-13/h4-9,11,16,18H,10H2,1-3H3. The zero-order chi connectivity index (χ0) is 15.6. The molecular weight excluding hydrogens is 288 g/mol. The van der Waals surface area contributed by atoms with Crippen LogP contribution in [0, 0.1) is 0 Å². The van der Waals surface area contributed by atoms with Gasteiger partial charge in [-0.25, -0.2) is 8.42 Å². The number of aryl methyl sites for hydroxylation is 1. The monoisotopic (exact) mass is 308 g/mol. The van der Waals surface area contributed by atoms with Crippen molar-refractivity contribution in [3.8, 4) is 0 Å². The van der Waals surface area contributed by atoms with Gasteiger partial charge < -0.3 is 9.67 Å². The number of aromatic nitrogens is 1. The minimum atomic E-state index is -3.66. The number of nitrogens with one attached hydrogen (secondary N) is 1. The van der Waals surface area contributed by atoms with Crippen molar-refractivity contribution in [3.63, 3.8) is 0 Å². The van der Waals surface area contributed by atoms with Gasteiger partial charge in [-0.1, -0.05) is 32.0 Å². The van der Waals surface area contributed by atoms with Crippen LogP contribution in [0.1, 0.15) is 31.0 Å². The first-order valence-electron chi connectivity index (χ1n) is 6.73. The van der Waals surface area contributed by atoms with Gasteiger partial charge >= 0.3 is 0 Å². The molecule has 5 nitrogen and oxygen atoms in total. The SMILES string of the molecule is CC(C)c1ccccc1NS(=O)(=O)c1cc(CO)n(C)c1. The maximum atomic E-state index is 12.5. The number of anilines is 1. The molecular formula is C15H20N2O3S. The van der Waals surface area contributed by atoms with Crippen LogP contribution in [0.5, 0.6) is 0 Å². The predicted molar refractivity (Wildman–Crippen MR) is 82.7 cm³/mol. The summed E-state index contributed by atoms with van der Waals surface area (Å²) in [5.74, 6) is 0.215. The topological polar surface area (TPSA) is 71.3 Å². The number of hydrogen-bond acceptors (Lipinski definition) is 3. The third-order valence-corrected chi connectivity index (χ3v) is 4.71. The average Bonchev–Trinajstić information content (AvgIpc) is 2.81. The van der Waals surface area contributed by atoms with Crippen LogP contribution in [-0.2, 0) is 23.7 Å². The molecule has 21 heavy (non-hydrogen) atoms. The molecule has 0 atom stereocenters. The van der Waals surface area contributed by atoms with E-state index in [-0.39, 0.29) is 17.4 Å². The molecule has 0 spiro atoms. The largest absolute Gasteiger partial charge is 0.390 e. The van der Waals surface area contributed by atoms with E-state index in [1.54, 1.807) is 23.7 Å². The lowest BCUT2D eigenvalue weighted by molar-refractivity contribution is 0.272. The minimum absolute atomic E-state index is 0.146. The molecule has 0 fully saturated rings. The third-order valence-electron chi connectivity index (χ3n) is 3.38. The Morgan fingerprint density at radius 3 is 2.52 bits per heavy atom. The third kappa shape index (κ3) is 3.28. The Kier molecular flexibility index (Phi) is 4.39. The van der Waals surface area contributed by atoms with Crippen molar-refractivity contribution in [2.24, 2.45) is 7.05 Å². The molecule has 0 bridgehead atoms. The average molecular weight is 308 g/mol. The molecule has 114 valence electrons. The van der Waals surface area contributed by atoms with E-state index in [9.17, 15) is 8.42 Å². The lowest BCUT2D eigenvalue weighted by Gasteiger charge is -2.14. The van der Waals surface area contributed by atoms with E-state index < -0.39 is 10.0 Å². The molecule has 2 rings (SSSR count). The fourth-order valence-corrected chi connectivity index (χ4v) is 3.36. The molecule has 6 heteroatoms. The van der Waals surface area contributed by atoms with Crippen LogP contribution in [0.25, 0.3) is 0 Å². The van der Waals surface area contributed by atoms with E-state index >= 15 is 0 Å². The Hall–Kier alpha value is -1.79. The van der Waals surface area contributed by atoms with Gasteiger partial charge in [0.1, 0.15) is 4.90 Å². The second kappa shape index (κ2) is 5.91. The van der Waals surface area contributed by atoms with Crippen LogP contribution in [0.4, 0.5) is 5.69 Å². The first-order valence-corrected chi connectivity index (χ1v) is 8.21. The van der Waals surface area contributed by atoms with E-state index in [0.29, 0.717) is 11.4 Å². The van der Waals surface area contributed by atoms with Gasteiger partial charge in [0.25, 0.3) is 10.0 Å². The van der Waals surface area contributed by atoms with E-state index in [0.717, 1.165) is 5.56 Å². The Balaban J connectivity index is 2.37. The summed E-state index contributed by atoms with van der Waals surface area (Å²) in [4.78, 5) is 0.146. The summed E-state index contributed by atoms with van der Waals surface area (Å²) >= 11 is 0. The number of rotatable bonds is 5. The zero-order valence-electron chi connectivity index (χ0n) is 12.4. The molecule has 1 aromatic carbocycles. The maximum Gasteiger partial charge on any atom is 0.263 e. The summed E-state index contributed by atoms with van der Waals surface area (Å²) in [5.41, 5.74) is 2.08. The number of hydrogen-bond donors (Lipinski definition) is 2. The molecule has 1 aromatic heterocycles. The Bertz CT molecular complexity index is 733. The van der Waals surface area contributed by atoms with E-state index in [2.05, 4.69) is 4.72 Å². The molecule has 1 heterocycles. The van der Waals surface area contributed by atoms with Crippen molar-refractivity contribution in [2.75, 3.05) is 4.72 Å². The highest BCUT2D eigenvalue weighted by Crippen LogP contribution is 2.26. The van der Waals surface area contributed by atoms with Gasteiger partial charge in [-0.15, -0.1) is 0 Å². The van der Waals surface area contributed by atoms with Gasteiger partial charge in [0.15, 0.2) is 0 Å². The smallest absolute Gasteiger partial charge is 0.263 e. The van der Waals surface area contributed by atoms with Crippen LogP contribution in [0.3, 0.4) is 0 Å². The molecule has 0 saturated carbocycles. The number of para-hydroxylation sites is 1. The summed E-state index contributed by atoms with van der Waals surface area (Å²) in [5, 5.41) is 9.17. The number of aliphatic hydroxyl groups excluding tert-OH is 1. The lowest BCUT2D eigenvalue weighted by atomic mass is 10.0. The van der Waals surface area contributed by atoms with Crippen molar-refractivity contribution in [1.82, 2.24) is 4.57 Å². The highest BCUT2D eigenvalue weighted by molar-refractivity contribution is 7.92. The zero-order valence-corrected chi connectivity index (χ0v) is 13.2. The van der Waals surface area contributed by atoms with Crippen molar-refractivity contribution < 1.29 is 13.5 Å². The minimum Gasteiger partial charge on any atom is -0.390 e. The summed E-state index contributed by atoms with van der Waals surface area (Å²) in [6, 6.07) is 8.82. The van der Waals surface area contributed by atoms with Gasteiger partial charge in [-0.3, -0.25) is 4.72 Å². The van der Waals surface area contributed by atoms with Gasteiger partial charge in [0.2, 0.25) is 0 Å². The Labute approximate surface area is 125 Å². The van der Waals surface area contributed by atoms with Crippen molar-refractivity contribution >= 4 is 15.7 Å². The summed E-state index contributed by atoms with van der Waals surface area (Å²) in [7, 11) is -1.96. The number of nitrogens with zero attached hydrogens (tertiary/aromatic N) is 1. The molecule has 2 N–H and O–H groups in total. The highest BCUT2D eigenvalue weighted by Gasteiger charge is 2.19. The molecule has 2 aromatic rings. The van der Waals surface area contributed by atoms with Gasteiger partial charge in [-0.05, 0) is 23.6 Å². The quantitative estimate of drug-likeness (QED) is 0.891.